The lowest BCUT2D eigenvalue weighted by molar-refractivity contribution is -0.132. The fourth-order valence-corrected chi connectivity index (χ4v) is 3.88. The summed E-state index contributed by atoms with van der Waals surface area (Å²) in [5.74, 6) is 2.30. The number of ether oxygens (including phenoxy) is 1. The third-order valence-electron chi connectivity index (χ3n) is 5.13. The topological polar surface area (TPSA) is 71.8 Å². The number of nitrogens with zero attached hydrogens (tertiary/aromatic N) is 1. The standard InChI is InChI=1S/C25H27ClN2O4S/c1-28(16-21-12-13-23(32-21)17-4-8-19(26)9-5-17)25(30)22(14-15-33-3)27-24(29)18-6-10-20(31-2)11-7-18/h4-13,22H,14-16H2,1-3H3,(H,27,29)/t22-/m1/s1. The number of likely N-dealkylation sites (N-methyl/N-ethyl adjacent to an activating group) is 1. The summed E-state index contributed by atoms with van der Waals surface area (Å²) >= 11 is 7.58. The summed E-state index contributed by atoms with van der Waals surface area (Å²) in [4.78, 5) is 27.5. The molecule has 1 N–H and O–H groups in total. The minimum atomic E-state index is -0.636. The van der Waals surface area contributed by atoms with Crippen LogP contribution in [0.25, 0.3) is 11.3 Å². The Kier molecular flexibility index (Phi) is 8.86. The Morgan fingerprint density at radius 1 is 1.09 bits per heavy atom. The van der Waals surface area contributed by atoms with E-state index in [1.165, 1.54) is 0 Å². The number of thioether (sulfide) groups is 1. The van der Waals surface area contributed by atoms with Crippen molar-refractivity contribution in [1.82, 2.24) is 10.2 Å². The number of nitrogens with one attached hydrogen (secondary N) is 1. The number of carbonyl (C=O) groups excluding carboxylic acids is 2. The van der Waals surface area contributed by atoms with Gasteiger partial charge >= 0.3 is 0 Å². The maximum Gasteiger partial charge on any atom is 0.251 e. The van der Waals surface area contributed by atoms with Gasteiger partial charge in [0.1, 0.15) is 23.3 Å². The van der Waals surface area contributed by atoms with E-state index in [0.29, 0.717) is 40.8 Å². The molecule has 0 saturated carbocycles. The van der Waals surface area contributed by atoms with Crippen LogP contribution in [-0.2, 0) is 11.3 Å². The van der Waals surface area contributed by atoms with E-state index >= 15 is 0 Å². The van der Waals surface area contributed by atoms with Gasteiger partial charge in [-0.05, 0) is 79.1 Å². The molecule has 0 aliphatic rings. The molecular weight excluding hydrogens is 460 g/mol. The molecule has 2 amide bonds. The van der Waals surface area contributed by atoms with Gasteiger partial charge in [-0.1, -0.05) is 11.6 Å². The number of methoxy groups -OCH3 is 1. The Bertz CT molecular complexity index is 1070. The summed E-state index contributed by atoms with van der Waals surface area (Å²) in [5.41, 5.74) is 1.38. The maximum atomic E-state index is 13.2. The highest BCUT2D eigenvalue weighted by atomic mass is 35.5. The van der Waals surface area contributed by atoms with E-state index in [2.05, 4.69) is 5.32 Å². The van der Waals surface area contributed by atoms with Crippen molar-refractivity contribution in [2.75, 3.05) is 26.2 Å². The van der Waals surface area contributed by atoms with Gasteiger partial charge in [-0.3, -0.25) is 9.59 Å². The second-order valence-electron chi connectivity index (χ2n) is 7.50. The average molecular weight is 487 g/mol. The van der Waals surface area contributed by atoms with Crippen molar-refractivity contribution in [2.24, 2.45) is 0 Å². The number of hydrogen-bond donors (Lipinski definition) is 1. The molecule has 0 aliphatic heterocycles. The summed E-state index contributed by atoms with van der Waals surface area (Å²) in [6, 6.07) is 17.2. The van der Waals surface area contributed by atoms with Crippen molar-refractivity contribution in [3.05, 3.63) is 77.0 Å². The maximum absolute atomic E-state index is 13.2. The number of halogens is 1. The second-order valence-corrected chi connectivity index (χ2v) is 8.93. The van der Waals surface area contributed by atoms with Crippen molar-refractivity contribution < 1.29 is 18.7 Å². The Balaban J connectivity index is 1.66. The first-order valence-corrected chi connectivity index (χ1v) is 12.2. The molecule has 0 radical (unpaired) electrons. The van der Waals surface area contributed by atoms with Crippen LogP contribution in [0, 0.1) is 0 Å². The fourth-order valence-electron chi connectivity index (χ4n) is 3.29. The molecule has 3 rings (SSSR count). The Morgan fingerprint density at radius 3 is 2.42 bits per heavy atom. The summed E-state index contributed by atoms with van der Waals surface area (Å²) < 4.78 is 11.1. The molecule has 3 aromatic rings. The summed E-state index contributed by atoms with van der Waals surface area (Å²) in [5, 5.41) is 3.54. The largest absolute Gasteiger partial charge is 0.497 e. The Labute approximate surface area is 203 Å². The Hall–Kier alpha value is -2.90. The molecule has 1 atom stereocenters. The van der Waals surface area contributed by atoms with Gasteiger partial charge in [0.15, 0.2) is 0 Å². The van der Waals surface area contributed by atoms with Crippen LogP contribution in [0.4, 0.5) is 0 Å². The van der Waals surface area contributed by atoms with E-state index in [9.17, 15) is 9.59 Å². The van der Waals surface area contributed by atoms with E-state index in [1.54, 1.807) is 67.2 Å². The molecule has 0 aliphatic carbocycles. The minimum absolute atomic E-state index is 0.171. The molecule has 174 valence electrons. The molecule has 0 fully saturated rings. The predicted octanol–water partition coefficient (Wildman–Crippen LogP) is 5.12. The van der Waals surface area contributed by atoms with Gasteiger partial charge in [-0.25, -0.2) is 0 Å². The van der Waals surface area contributed by atoms with Gasteiger partial charge in [0.25, 0.3) is 5.91 Å². The predicted molar refractivity (Wildman–Crippen MR) is 133 cm³/mol. The van der Waals surface area contributed by atoms with Crippen molar-refractivity contribution in [1.29, 1.82) is 0 Å². The molecule has 8 heteroatoms. The Morgan fingerprint density at radius 2 is 1.79 bits per heavy atom. The van der Waals surface area contributed by atoms with Crippen LogP contribution in [0.1, 0.15) is 22.5 Å². The zero-order valence-electron chi connectivity index (χ0n) is 18.8. The lowest BCUT2D eigenvalue weighted by Crippen LogP contribution is -2.47. The van der Waals surface area contributed by atoms with Gasteiger partial charge in [0.05, 0.1) is 13.7 Å². The highest BCUT2D eigenvalue weighted by Crippen LogP contribution is 2.24. The molecule has 0 spiro atoms. The van der Waals surface area contributed by atoms with E-state index in [0.717, 1.165) is 11.3 Å². The van der Waals surface area contributed by atoms with E-state index in [-0.39, 0.29) is 11.8 Å². The van der Waals surface area contributed by atoms with Gasteiger partial charge in [0, 0.05) is 23.2 Å². The van der Waals surface area contributed by atoms with E-state index in [4.69, 9.17) is 20.8 Å². The van der Waals surface area contributed by atoms with E-state index in [1.807, 2.05) is 30.5 Å². The number of amides is 2. The van der Waals surface area contributed by atoms with Gasteiger partial charge in [-0.2, -0.15) is 11.8 Å². The van der Waals surface area contributed by atoms with Crippen molar-refractivity contribution in [3.8, 4) is 17.1 Å². The SMILES string of the molecule is COc1ccc(C(=O)N[C@H](CCSC)C(=O)N(C)Cc2ccc(-c3ccc(Cl)cc3)o2)cc1. The first-order valence-electron chi connectivity index (χ1n) is 10.4. The average Bonchev–Trinajstić information content (AvgIpc) is 3.30. The monoisotopic (exact) mass is 486 g/mol. The second kappa shape index (κ2) is 11.8. The number of furan rings is 1. The van der Waals surface area contributed by atoms with Crippen molar-refractivity contribution in [3.63, 3.8) is 0 Å². The molecule has 0 saturated heterocycles. The first kappa shape index (κ1) is 24.7. The lowest BCUT2D eigenvalue weighted by Gasteiger charge is -2.24. The third-order valence-corrected chi connectivity index (χ3v) is 6.02. The van der Waals surface area contributed by atoms with Crippen LogP contribution in [0.5, 0.6) is 5.75 Å². The quantitative estimate of drug-likeness (QED) is 0.430. The molecular formula is C25H27ClN2O4S. The minimum Gasteiger partial charge on any atom is -0.497 e. The molecule has 0 bridgehead atoms. The number of hydrogen-bond acceptors (Lipinski definition) is 5. The normalized spacial score (nSPS) is 11.6. The number of benzene rings is 2. The van der Waals surface area contributed by atoms with Crippen LogP contribution in [0.3, 0.4) is 0 Å². The van der Waals surface area contributed by atoms with Gasteiger partial charge in [-0.15, -0.1) is 0 Å². The van der Waals surface area contributed by atoms with Crippen LogP contribution < -0.4 is 10.1 Å². The number of rotatable bonds is 10. The number of carbonyl (C=O) groups is 2. The fraction of sp³-hybridized carbons (Fsp3) is 0.280. The molecule has 33 heavy (non-hydrogen) atoms. The molecule has 6 nitrogen and oxygen atoms in total. The molecule has 1 heterocycles. The first-order chi connectivity index (χ1) is 15.9. The zero-order chi connectivity index (χ0) is 23.8. The summed E-state index contributed by atoms with van der Waals surface area (Å²) in [7, 11) is 3.28. The van der Waals surface area contributed by atoms with Crippen molar-refractivity contribution >= 4 is 35.2 Å². The third kappa shape index (κ3) is 6.79. The smallest absolute Gasteiger partial charge is 0.251 e. The molecule has 2 aromatic carbocycles. The van der Waals surface area contributed by atoms with Crippen LogP contribution >= 0.6 is 23.4 Å². The van der Waals surface area contributed by atoms with Crippen LogP contribution in [-0.4, -0.2) is 48.9 Å². The van der Waals surface area contributed by atoms with E-state index < -0.39 is 6.04 Å². The summed E-state index contributed by atoms with van der Waals surface area (Å²) in [6.45, 7) is 0.292. The highest BCUT2D eigenvalue weighted by molar-refractivity contribution is 7.98. The zero-order valence-corrected chi connectivity index (χ0v) is 20.4. The van der Waals surface area contributed by atoms with Crippen LogP contribution in [0.15, 0.2) is 65.1 Å². The highest BCUT2D eigenvalue weighted by Gasteiger charge is 2.25. The lowest BCUT2D eigenvalue weighted by atomic mass is 10.1. The molecule has 0 unspecified atom stereocenters. The van der Waals surface area contributed by atoms with Crippen LogP contribution in [0.2, 0.25) is 5.02 Å². The molecule has 1 aromatic heterocycles. The van der Waals surface area contributed by atoms with Gasteiger partial charge in [0.2, 0.25) is 5.91 Å². The van der Waals surface area contributed by atoms with Gasteiger partial charge < -0.3 is 19.4 Å². The van der Waals surface area contributed by atoms with Crippen molar-refractivity contribution in [2.45, 2.75) is 19.0 Å². The summed E-state index contributed by atoms with van der Waals surface area (Å²) in [6.07, 6.45) is 2.50.